The summed E-state index contributed by atoms with van der Waals surface area (Å²) in [5.74, 6) is 0.254. The summed E-state index contributed by atoms with van der Waals surface area (Å²) in [7, 11) is 0. The van der Waals surface area contributed by atoms with Crippen LogP contribution < -0.4 is 0 Å². The predicted molar refractivity (Wildman–Crippen MR) is 43.5 cm³/mol. The molecule has 0 aliphatic heterocycles. The fourth-order valence-corrected chi connectivity index (χ4v) is 1.08. The smallest absolute Gasteiger partial charge is 0.256 e. The Hall–Kier alpha value is -0.700. The largest absolute Gasteiger partial charge is 0.265 e. The predicted octanol–water partition coefficient (Wildman–Crippen LogP) is 3.07. The van der Waals surface area contributed by atoms with E-state index in [0.717, 1.165) is 0 Å². The first-order valence-corrected chi connectivity index (χ1v) is 3.99. The summed E-state index contributed by atoms with van der Waals surface area (Å²) in [5, 5.41) is 0. The van der Waals surface area contributed by atoms with Gasteiger partial charge < -0.3 is 0 Å². The third-order valence-electron chi connectivity index (χ3n) is 1.56. The van der Waals surface area contributed by atoms with Crippen LogP contribution in [-0.4, -0.2) is 4.98 Å². The lowest BCUT2D eigenvalue weighted by molar-refractivity contribution is 0.150. The van der Waals surface area contributed by atoms with Gasteiger partial charge in [-0.05, 0) is 19.1 Å². The first kappa shape index (κ1) is 9.39. The van der Waals surface area contributed by atoms with Crippen molar-refractivity contribution in [3.05, 3.63) is 29.1 Å². The fourth-order valence-electron chi connectivity index (χ4n) is 0.929. The number of alkyl halides is 3. The van der Waals surface area contributed by atoms with E-state index < -0.39 is 6.43 Å². The molecule has 1 rings (SSSR count). The third kappa shape index (κ3) is 1.91. The van der Waals surface area contributed by atoms with E-state index in [0.29, 0.717) is 11.4 Å². The maximum absolute atomic E-state index is 12.2. The number of hydrogen-bond donors (Lipinski definition) is 0. The molecule has 0 radical (unpaired) electrons. The molecule has 0 bridgehead atoms. The van der Waals surface area contributed by atoms with E-state index in [2.05, 4.69) is 4.98 Å². The second-order valence-corrected chi connectivity index (χ2v) is 2.68. The van der Waals surface area contributed by atoms with E-state index in [9.17, 15) is 8.78 Å². The molecular formula is C8H8ClF2N. The van der Waals surface area contributed by atoms with Gasteiger partial charge in [-0.2, -0.15) is 0 Å². The van der Waals surface area contributed by atoms with E-state index in [4.69, 9.17) is 11.6 Å². The van der Waals surface area contributed by atoms with E-state index in [1.165, 1.54) is 12.1 Å². The summed E-state index contributed by atoms with van der Waals surface area (Å²) in [6.45, 7) is 1.55. The summed E-state index contributed by atoms with van der Waals surface area (Å²) in [6, 6.07) is 2.88. The number of pyridine rings is 1. The average Bonchev–Trinajstić information content (AvgIpc) is 2.03. The molecule has 0 atom stereocenters. The minimum atomic E-state index is -2.46. The van der Waals surface area contributed by atoms with Gasteiger partial charge in [-0.15, -0.1) is 11.6 Å². The molecule has 0 aliphatic rings. The molecule has 0 aromatic carbocycles. The lowest BCUT2D eigenvalue weighted by Crippen LogP contribution is -1.95. The Balaban J connectivity index is 3.03. The number of aromatic nitrogens is 1. The summed E-state index contributed by atoms with van der Waals surface area (Å²) < 4.78 is 24.4. The summed E-state index contributed by atoms with van der Waals surface area (Å²) in [4.78, 5) is 3.90. The van der Waals surface area contributed by atoms with Crippen LogP contribution in [0.15, 0.2) is 12.1 Å². The Morgan fingerprint density at radius 3 is 2.58 bits per heavy atom. The van der Waals surface area contributed by atoms with Crippen molar-refractivity contribution in [3.8, 4) is 0 Å². The van der Waals surface area contributed by atoms with E-state index >= 15 is 0 Å². The van der Waals surface area contributed by atoms with Crippen molar-refractivity contribution >= 4 is 11.6 Å². The van der Waals surface area contributed by atoms with Gasteiger partial charge in [0.1, 0.15) is 0 Å². The molecule has 0 saturated heterocycles. The lowest BCUT2D eigenvalue weighted by atomic mass is 10.2. The standard InChI is InChI=1S/C8H8ClF2N/c1-5-7(8(10)11)3-2-6(4-9)12-5/h2-3,8H,4H2,1H3. The molecule has 1 aromatic rings. The van der Waals surface area contributed by atoms with E-state index in [1.54, 1.807) is 6.92 Å². The zero-order chi connectivity index (χ0) is 9.14. The van der Waals surface area contributed by atoms with Gasteiger partial charge in [0.05, 0.1) is 11.6 Å². The van der Waals surface area contributed by atoms with Crippen molar-refractivity contribution in [1.82, 2.24) is 4.98 Å². The van der Waals surface area contributed by atoms with Crippen LogP contribution in [0.3, 0.4) is 0 Å². The molecule has 0 amide bonds. The highest BCUT2D eigenvalue weighted by molar-refractivity contribution is 6.16. The van der Waals surface area contributed by atoms with E-state index in [-0.39, 0.29) is 11.4 Å². The van der Waals surface area contributed by atoms with Crippen LogP contribution in [0.5, 0.6) is 0 Å². The van der Waals surface area contributed by atoms with Crippen LogP contribution >= 0.6 is 11.6 Å². The van der Waals surface area contributed by atoms with Crippen molar-refractivity contribution in [3.63, 3.8) is 0 Å². The molecule has 1 heterocycles. The maximum Gasteiger partial charge on any atom is 0.265 e. The van der Waals surface area contributed by atoms with Gasteiger partial charge in [-0.3, -0.25) is 4.98 Å². The first-order valence-electron chi connectivity index (χ1n) is 3.45. The van der Waals surface area contributed by atoms with Gasteiger partial charge in [0.15, 0.2) is 0 Å². The molecule has 0 spiro atoms. The lowest BCUT2D eigenvalue weighted by Gasteiger charge is -2.04. The van der Waals surface area contributed by atoms with Crippen LogP contribution in [-0.2, 0) is 5.88 Å². The van der Waals surface area contributed by atoms with Crippen molar-refractivity contribution < 1.29 is 8.78 Å². The number of rotatable bonds is 2. The number of hydrogen-bond acceptors (Lipinski definition) is 1. The molecule has 0 fully saturated rings. The normalized spacial score (nSPS) is 10.8. The van der Waals surface area contributed by atoms with Crippen molar-refractivity contribution in [2.45, 2.75) is 19.2 Å². The molecule has 66 valence electrons. The summed E-state index contributed by atoms with van der Waals surface area (Å²) >= 11 is 5.48. The molecule has 0 N–H and O–H groups in total. The van der Waals surface area contributed by atoms with Crippen LogP contribution in [0, 0.1) is 6.92 Å². The highest BCUT2D eigenvalue weighted by Crippen LogP contribution is 2.21. The fraction of sp³-hybridized carbons (Fsp3) is 0.375. The van der Waals surface area contributed by atoms with Gasteiger partial charge in [0, 0.05) is 11.3 Å². The van der Waals surface area contributed by atoms with Crippen LogP contribution in [0.25, 0.3) is 0 Å². The summed E-state index contributed by atoms with van der Waals surface area (Å²) in [5.41, 5.74) is 0.950. The highest BCUT2D eigenvalue weighted by atomic mass is 35.5. The number of aryl methyl sites for hydroxylation is 1. The van der Waals surface area contributed by atoms with Gasteiger partial charge >= 0.3 is 0 Å². The molecular weight excluding hydrogens is 184 g/mol. The van der Waals surface area contributed by atoms with Crippen molar-refractivity contribution in [1.29, 1.82) is 0 Å². The molecule has 1 aromatic heterocycles. The monoisotopic (exact) mass is 191 g/mol. The van der Waals surface area contributed by atoms with Crippen LogP contribution in [0.2, 0.25) is 0 Å². The minimum Gasteiger partial charge on any atom is -0.256 e. The van der Waals surface area contributed by atoms with Crippen LogP contribution in [0.4, 0.5) is 8.78 Å². The van der Waals surface area contributed by atoms with Crippen LogP contribution in [0.1, 0.15) is 23.4 Å². The molecule has 0 aliphatic carbocycles. The molecule has 12 heavy (non-hydrogen) atoms. The SMILES string of the molecule is Cc1nc(CCl)ccc1C(F)F. The average molecular weight is 192 g/mol. The van der Waals surface area contributed by atoms with Gasteiger partial charge in [0.25, 0.3) is 6.43 Å². The van der Waals surface area contributed by atoms with Crippen molar-refractivity contribution in [2.75, 3.05) is 0 Å². The zero-order valence-electron chi connectivity index (χ0n) is 6.52. The Morgan fingerprint density at radius 2 is 2.17 bits per heavy atom. The topological polar surface area (TPSA) is 12.9 Å². The van der Waals surface area contributed by atoms with Crippen molar-refractivity contribution in [2.24, 2.45) is 0 Å². The van der Waals surface area contributed by atoms with Gasteiger partial charge in [0.2, 0.25) is 0 Å². The zero-order valence-corrected chi connectivity index (χ0v) is 7.28. The number of halogens is 3. The van der Waals surface area contributed by atoms with Gasteiger partial charge in [-0.1, -0.05) is 0 Å². The second-order valence-electron chi connectivity index (χ2n) is 2.41. The molecule has 0 saturated carbocycles. The maximum atomic E-state index is 12.2. The molecule has 1 nitrogen and oxygen atoms in total. The Morgan fingerprint density at radius 1 is 1.50 bits per heavy atom. The Bertz CT molecular complexity index is 276. The molecule has 0 unspecified atom stereocenters. The Kier molecular flexibility index (Phi) is 2.98. The highest BCUT2D eigenvalue weighted by Gasteiger charge is 2.10. The second kappa shape index (κ2) is 3.81. The third-order valence-corrected chi connectivity index (χ3v) is 1.83. The Labute approximate surface area is 74.4 Å². The number of nitrogens with zero attached hydrogens (tertiary/aromatic N) is 1. The minimum absolute atomic E-state index is 0.0242. The summed E-state index contributed by atoms with van der Waals surface area (Å²) in [6.07, 6.45) is -2.46. The first-order chi connectivity index (χ1) is 5.65. The molecule has 4 heteroatoms. The van der Waals surface area contributed by atoms with E-state index in [1.807, 2.05) is 0 Å². The quantitative estimate of drug-likeness (QED) is 0.655. The van der Waals surface area contributed by atoms with Gasteiger partial charge in [-0.25, -0.2) is 8.78 Å².